The van der Waals surface area contributed by atoms with Crippen LogP contribution in [0.25, 0.3) is 21.9 Å². The summed E-state index contributed by atoms with van der Waals surface area (Å²) < 4.78 is 43.9. The van der Waals surface area contributed by atoms with Crippen LogP contribution in [0.2, 0.25) is 0 Å². The number of ether oxygens (including phenoxy) is 3. The zero-order valence-electron chi connectivity index (χ0n) is 22.6. The van der Waals surface area contributed by atoms with Gasteiger partial charge in [0.1, 0.15) is 17.4 Å². The lowest BCUT2D eigenvalue weighted by molar-refractivity contribution is -0.132. The highest BCUT2D eigenvalue weighted by molar-refractivity contribution is 7.92. The Morgan fingerprint density at radius 1 is 1.21 bits per heavy atom. The first kappa shape index (κ1) is 28.0. The number of nitrogens with one attached hydrogen (secondary N) is 2. The van der Waals surface area contributed by atoms with E-state index in [0.29, 0.717) is 17.2 Å². The zero-order chi connectivity index (χ0) is 28.6. The summed E-state index contributed by atoms with van der Waals surface area (Å²) in [6.07, 6.45) is 2.49. The fraction of sp³-hybridized carbons (Fsp3) is 0.462. The van der Waals surface area contributed by atoms with Gasteiger partial charge in [-0.05, 0) is 48.8 Å². The molecule has 1 aliphatic rings. The van der Waals surface area contributed by atoms with Gasteiger partial charge >= 0.3 is 11.9 Å². The minimum absolute atomic E-state index is 0.0188. The Hall–Kier alpha value is -4.05. The number of carbonyl (C=O) groups excluding carboxylic acids is 2. The predicted molar refractivity (Wildman–Crippen MR) is 143 cm³/mol. The molecule has 4 rings (SSSR count). The summed E-state index contributed by atoms with van der Waals surface area (Å²) in [5.41, 5.74) is 0.294. The zero-order valence-corrected chi connectivity index (χ0v) is 23.4. The second-order valence-electron chi connectivity index (χ2n) is 10.2. The molecular formula is C26H31N5O7S. The van der Waals surface area contributed by atoms with Crippen molar-refractivity contribution in [1.29, 1.82) is 0 Å². The Kier molecular flexibility index (Phi) is 7.61. The highest BCUT2D eigenvalue weighted by Gasteiger charge is 2.37. The van der Waals surface area contributed by atoms with Crippen molar-refractivity contribution in [2.75, 3.05) is 18.1 Å². The standard InChI is InChI=1S/C26H31N5O7S/c1-13-10-14(2)22(15(3)11-13)38-26(33)20-21(27-5)25(37-16(4)32)31-24(20)28-23(29-31)18-12-17(30-39(7,34)35)8-9-19(18)36-6/h8-9,12-15,22,30H,10-11H2,1-4,6-7H3,(H,28,29). The largest absolute Gasteiger partial charge is 0.496 e. The maximum absolute atomic E-state index is 13.6. The van der Waals surface area contributed by atoms with Crippen molar-refractivity contribution in [2.24, 2.45) is 17.8 Å². The average Bonchev–Trinajstić information content (AvgIpc) is 3.37. The quantitative estimate of drug-likeness (QED) is 0.321. The van der Waals surface area contributed by atoms with Crippen LogP contribution in [0.3, 0.4) is 0 Å². The van der Waals surface area contributed by atoms with Gasteiger partial charge in [0.05, 0.1) is 25.5 Å². The molecule has 0 amide bonds. The summed E-state index contributed by atoms with van der Waals surface area (Å²) in [5, 5.41) is 2.95. The number of H-pyrrole nitrogens is 1. The maximum Gasteiger partial charge on any atom is 0.331 e. The molecule has 0 spiro atoms. The van der Waals surface area contributed by atoms with Gasteiger partial charge < -0.3 is 14.2 Å². The molecule has 1 aromatic carbocycles. The van der Waals surface area contributed by atoms with E-state index in [1.165, 1.54) is 30.7 Å². The van der Waals surface area contributed by atoms with Crippen molar-refractivity contribution in [3.05, 3.63) is 35.2 Å². The number of benzene rings is 1. The highest BCUT2D eigenvalue weighted by atomic mass is 32.2. The van der Waals surface area contributed by atoms with Gasteiger partial charge in [-0.3, -0.25) is 14.6 Å². The Bertz CT molecular complexity index is 1570. The van der Waals surface area contributed by atoms with Crippen molar-refractivity contribution in [3.63, 3.8) is 0 Å². The minimum atomic E-state index is -3.56. The van der Waals surface area contributed by atoms with Crippen LogP contribution in [0.15, 0.2) is 18.2 Å². The van der Waals surface area contributed by atoms with Gasteiger partial charge in [-0.15, -0.1) is 0 Å². The van der Waals surface area contributed by atoms with Crippen molar-refractivity contribution in [1.82, 2.24) is 14.6 Å². The molecule has 1 saturated carbocycles. The number of methoxy groups -OCH3 is 1. The smallest absolute Gasteiger partial charge is 0.331 e. The molecule has 0 bridgehead atoms. The SMILES string of the molecule is [C-]#[N+]c1c(C(=O)OC2C(C)CC(C)CC2C)c2nc(-c3cc(NS(C)(=O)=O)ccc3OC)[nH]n2c1OC(C)=O. The molecule has 12 nitrogen and oxygen atoms in total. The monoisotopic (exact) mass is 557 g/mol. The third kappa shape index (κ3) is 5.70. The molecule has 0 radical (unpaired) electrons. The number of rotatable bonds is 7. The molecule has 2 N–H and O–H groups in total. The molecule has 3 aromatic rings. The van der Waals surface area contributed by atoms with Gasteiger partial charge in [0.25, 0.3) is 5.69 Å². The van der Waals surface area contributed by atoms with Gasteiger partial charge in [-0.2, -0.15) is 0 Å². The summed E-state index contributed by atoms with van der Waals surface area (Å²) in [4.78, 5) is 33.5. The molecule has 2 aromatic heterocycles. The summed E-state index contributed by atoms with van der Waals surface area (Å²) in [5.74, 6) is -0.361. The summed E-state index contributed by atoms with van der Waals surface area (Å²) in [6.45, 7) is 15.2. The van der Waals surface area contributed by atoms with Gasteiger partial charge in [0.2, 0.25) is 15.9 Å². The third-order valence-electron chi connectivity index (χ3n) is 6.74. The van der Waals surface area contributed by atoms with E-state index in [2.05, 4.69) is 26.6 Å². The maximum atomic E-state index is 13.6. The highest BCUT2D eigenvalue weighted by Crippen LogP contribution is 2.41. The fourth-order valence-electron chi connectivity index (χ4n) is 5.40. The Morgan fingerprint density at radius 3 is 2.44 bits per heavy atom. The van der Waals surface area contributed by atoms with Gasteiger partial charge in [-0.1, -0.05) is 20.8 Å². The number of sulfonamides is 1. The first-order valence-electron chi connectivity index (χ1n) is 12.4. The molecule has 2 heterocycles. The second-order valence-corrected chi connectivity index (χ2v) is 11.9. The Morgan fingerprint density at radius 2 is 1.87 bits per heavy atom. The van der Waals surface area contributed by atoms with Crippen molar-refractivity contribution >= 4 is 39.0 Å². The lowest BCUT2D eigenvalue weighted by Crippen LogP contribution is -2.37. The average molecular weight is 558 g/mol. The van der Waals surface area contributed by atoms with E-state index < -0.39 is 22.0 Å². The van der Waals surface area contributed by atoms with Crippen LogP contribution in [0.4, 0.5) is 11.4 Å². The number of aromatic amines is 1. The first-order valence-corrected chi connectivity index (χ1v) is 14.3. The minimum Gasteiger partial charge on any atom is -0.496 e. The van der Waals surface area contributed by atoms with E-state index in [1.807, 2.05) is 13.8 Å². The topological polar surface area (TPSA) is 145 Å². The van der Waals surface area contributed by atoms with Crippen LogP contribution < -0.4 is 14.2 Å². The molecule has 1 aliphatic carbocycles. The molecular weight excluding hydrogens is 526 g/mol. The van der Waals surface area contributed by atoms with Crippen molar-refractivity contribution in [2.45, 2.75) is 46.6 Å². The molecule has 2 unspecified atom stereocenters. The molecule has 208 valence electrons. The lowest BCUT2D eigenvalue weighted by Gasteiger charge is -2.37. The van der Waals surface area contributed by atoms with Crippen LogP contribution in [0.1, 0.15) is 50.9 Å². The number of carbonyl (C=O) groups is 2. The lowest BCUT2D eigenvalue weighted by atomic mass is 9.75. The second kappa shape index (κ2) is 10.6. The van der Waals surface area contributed by atoms with Crippen molar-refractivity contribution < 1.29 is 32.2 Å². The number of nitrogens with zero attached hydrogens (tertiary/aromatic N) is 3. The Balaban J connectivity index is 1.85. The number of fused-ring (bicyclic) bond motifs is 1. The molecule has 0 saturated heterocycles. The number of anilines is 1. The number of hydrogen-bond donors (Lipinski definition) is 2. The van der Waals surface area contributed by atoms with E-state index in [4.69, 9.17) is 20.8 Å². The normalized spacial score (nSPS) is 21.3. The summed E-state index contributed by atoms with van der Waals surface area (Å²) in [6, 6.07) is 4.58. The number of esters is 2. The first-order chi connectivity index (χ1) is 18.3. The van der Waals surface area contributed by atoms with Crippen LogP contribution in [0, 0.1) is 24.3 Å². The van der Waals surface area contributed by atoms with Crippen LogP contribution in [-0.2, 0) is 19.6 Å². The molecule has 1 fully saturated rings. The molecule has 0 aliphatic heterocycles. The predicted octanol–water partition coefficient (Wildman–Crippen LogP) is 4.41. The van der Waals surface area contributed by atoms with Gasteiger partial charge in [-0.25, -0.2) is 27.6 Å². The molecule has 13 heteroatoms. The van der Waals surface area contributed by atoms with Gasteiger partial charge in [0, 0.05) is 12.6 Å². The van der Waals surface area contributed by atoms with E-state index >= 15 is 0 Å². The Labute approximate surface area is 226 Å². The molecule has 39 heavy (non-hydrogen) atoms. The van der Waals surface area contributed by atoms with Crippen LogP contribution in [-0.4, -0.2) is 54.4 Å². The van der Waals surface area contributed by atoms with E-state index in [0.717, 1.165) is 19.1 Å². The van der Waals surface area contributed by atoms with Crippen molar-refractivity contribution in [3.8, 4) is 23.0 Å². The molecule has 2 atom stereocenters. The van der Waals surface area contributed by atoms with E-state index in [-0.39, 0.29) is 52.2 Å². The van der Waals surface area contributed by atoms with Crippen LogP contribution in [0.5, 0.6) is 11.6 Å². The van der Waals surface area contributed by atoms with E-state index in [1.54, 1.807) is 6.07 Å². The number of aromatic nitrogens is 3. The fourth-order valence-corrected chi connectivity index (χ4v) is 5.95. The van der Waals surface area contributed by atoms with Crippen LogP contribution >= 0.6 is 0 Å². The van der Waals surface area contributed by atoms with Gasteiger partial charge in [0.15, 0.2) is 11.5 Å². The third-order valence-corrected chi connectivity index (χ3v) is 7.35. The summed E-state index contributed by atoms with van der Waals surface area (Å²) >= 11 is 0. The van der Waals surface area contributed by atoms with E-state index in [9.17, 15) is 18.0 Å². The number of hydrogen-bond acceptors (Lipinski definition) is 8. The summed E-state index contributed by atoms with van der Waals surface area (Å²) in [7, 11) is -2.12.